The molecule has 0 spiro atoms. The standard InChI is InChI=1S/C36H24N4/c37-28-15-6-7-16-29(28)39-35-25-14-8-13-24-26-19-27-32(20-31(26)40(34(24)25)36(35)39)38(22-10-2-1-3-11-22)30-18-17-21-9-4-5-12-23(21)33(27)30/h1-20,35-36H,37H2/t35?,36-,39?/m1/s1. The number of anilines is 2. The minimum atomic E-state index is 0.245. The van der Waals surface area contributed by atoms with Gasteiger partial charge in [0, 0.05) is 32.8 Å². The highest BCUT2D eigenvalue weighted by molar-refractivity contribution is 6.25. The number of benzene rings is 6. The molecule has 2 aliphatic heterocycles. The number of fused-ring (bicyclic) bond motifs is 11. The van der Waals surface area contributed by atoms with Gasteiger partial charge in [0.2, 0.25) is 0 Å². The van der Waals surface area contributed by atoms with E-state index >= 15 is 0 Å². The number of hydrogen-bond donors (Lipinski definition) is 1. The van der Waals surface area contributed by atoms with Gasteiger partial charge in [-0.05, 0) is 53.2 Å². The van der Waals surface area contributed by atoms with Crippen LogP contribution in [-0.4, -0.2) is 9.13 Å². The smallest absolute Gasteiger partial charge is 0.132 e. The minimum absolute atomic E-state index is 0.245. The van der Waals surface area contributed by atoms with E-state index in [1.165, 1.54) is 65.6 Å². The number of rotatable bonds is 2. The van der Waals surface area contributed by atoms with Crippen molar-refractivity contribution in [3.63, 3.8) is 0 Å². The summed E-state index contributed by atoms with van der Waals surface area (Å²) in [7, 11) is 0. The number of aromatic nitrogens is 2. The van der Waals surface area contributed by atoms with E-state index < -0.39 is 0 Å². The second-order valence-electron chi connectivity index (χ2n) is 11.2. The number of nitrogens with zero attached hydrogens (tertiary/aromatic N) is 3. The molecule has 4 heterocycles. The fraction of sp³-hybridized carbons (Fsp3) is 0.0556. The van der Waals surface area contributed by atoms with Gasteiger partial charge >= 0.3 is 0 Å². The van der Waals surface area contributed by atoms with Crippen LogP contribution in [0.3, 0.4) is 0 Å². The van der Waals surface area contributed by atoms with E-state index in [-0.39, 0.29) is 6.17 Å². The Morgan fingerprint density at radius 3 is 2.27 bits per heavy atom. The van der Waals surface area contributed by atoms with Gasteiger partial charge in [0.15, 0.2) is 0 Å². The third-order valence-electron chi connectivity index (χ3n) is 9.22. The Labute approximate surface area is 230 Å². The molecule has 1 fully saturated rings. The molecule has 188 valence electrons. The van der Waals surface area contributed by atoms with Crippen LogP contribution in [0.25, 0.3) is 60.1 Å². The summed E-state index contributed by atoms with van der Waals surface area (Å²) in [6.45, 7) is 0. The van der Waals surface area contributed by atoms with E-state index in [1.807, 2.05) is 12.1 Å². The maximum atomic E-state index is 6.46. The second kappa shape index (κ2) is 7.04. The molecule has 0 aliphatic carbocycles. The van der Waals surface area contributed by atoms with E-state index in [0.29, 0.717) is 6.04 Å². The van der Waals surface area contributed by atoms with Crippen LogP contribution in [0.4, 0.5) is 11.4 Å². The van der Waals surface area contributed by atoms with Crippen LogP contribution in [0.2, 0.25) is 0 Å². The van der Waals surface area contributed by atoms with Crippen molar-refractivity contribution < 1.29 is 0 Å². The van der Waals surface area contributed by atoms with Gasteiger partial charge in [0.05, 0.1) is 39.5 Å². The first-order valence-electron chi connectivity index (χ1n) is 13.9. The topological polar surface area (TPSA) is 38.9 Å². The zero-order valence-electron chi connectivity index (χ0n) is 21.6. The lowest BCUT2D eigenvalue weighted by Gasteiger charge is -2.14. The number of nitrogens with two attached hydrogens (primary N) is 1. The highest BCUT2D eigenvalue weighted by Gasteiger charge is 2.56. The van der Waals surface area contributed by atoms with Crippen molar-refractivity contribution >= 4 is 65.8 Å². The largest absolute Gasteiger partial charge is 0.397 e. The van der Waals surface area contributed by atoms with Gasteiger partial charge in [-0.25, -0.2) is 0 Å². The van der Waals surface area contributed by atoms with Crippen molar-refractivity contribution in [1.29, 1.82) is 0 Å². The van der Waals surface area contributed by atoms with Crippen molar-refractivity contribution in [3.8, 4) is 5.69 Å². The summed E-state index contributed by atoms with van der Waals surface area (Å²) in [5.74, 6) is 0. The van der Waals surface area contributed by atoms with Crippen molar-refractivity contribution in [3.05, 3.63) is 127 Å². The van der Waals surface area contributed by atoms with Crippen LogP contribution in [0.5, 0.6) is 0 Å². The monoisotopic (exact) mass is 512 g/mol. The van der Waals surface area contributed by atoms with Gasteiger partial charge in [0.1, 0.15) is 6.17 Å². The molecule has 40 heavy (non-hydrogen) atoms. The van der Waals surface area contributed by atoms with Crippen LogP contribution in [0.1, 0.15) is 17.8 Å². The van der Waals surface area contributed by atoms with E-state index in [4.69, 9.17) is 5.73 Å². The van der Waals surface area contributed by atoms with Crippen molar-refractivity contribution in [2.45, 2.75) is 12.2 Å². The predicted octanol–water partition coefficient (Wildman–Crippen LogP) is 8.70. The lowest BCUT2D eigenvalue weighted by atomic mass is 10.0. The molecule has 1 unspecified atom stereocenters. The second-order valence-corrected chi connectivity index (χ2v) is 11.2. The van der Waals surface area contributed by atoms with Crippen molar-refractivity contribution in [1.82, 2.24) is 9.13 Å². The normalized spacial score (nSPS) is 17.6. The molecule has 4 heteroatoms. The highest BCUT2D eigenvalue weighted by Crippen LogP contribution is 2.63. The molecule has 2 N–H and O–H groups in total. The van der Waals surface area contributed by atoms with E-state index in [9.17, 15) is 0 Å². The SMILES string of the molecule is Nc1ccccc1N1C2c3cccc4c5cc6c7c8ccccc8ccc7n(-c7ccccc7)c6cc5n(c34)[C@H]21. The first kappa shape index (κ1) is 20.7. The average Bonchev–Trinajstić information content (AvgIpc) is 3.31. The number of hydrogen-bond acceptors (Lipinski definition) is 2. The highest BCUT2D eigenvalue weighted by atomic mass is 15.5. The summed E-state index contributed by atoms with van der Waals surface area (Å²) in [6.07, 6.45) is 0.245. The van der Waals surface area contributed by atoms with Gasteiger partial charge < -0.3 is 19.8 Å². The summed E-state index contributed by atoms with van der Waals surface area (Å²) in [5.41, 5.74) is 16.1. The molecule has 1 saturated heterocycles. The minimum Gasteiger partial charge on any atom is -0.397 e. The average molecular weight is 513 g/mol. The molecule has 2 aliphatic rings. The third-order valence-corrected chi connectivity index (χ3v) is 9.22. The summed E-state index contributed by atoms with van der Waals surface area (Å²) in [5, 5.41) is 7.83. The fourth-order valence-corrected chi connectivity index (χ4v) is 7.58. The lowest BCUT2D eigenvalue weighted by molar-refractivity contribution is 0.808. The Morgan fingerprint density at radius 1 is 0.575 bits per heavy atom. The Hall–Kier alpha value is -5.22. The Morgan fingerprint density at radius 2 is 1.38 bits per heavy atom. The Bertz CT molecular complexity index is 2360. The van der Waals surface area contributed by atoms with Crippen LogP contribution >= 0.6 is 0 Å². The summed E-state index contributed by atoms with van der Waals surface area (Å²) in [6, 6.07) is 44.3. The van der Waals surface area contributed by atoms with E-state index in [1.54, 1.807) is 0 Å². The molecule has 10 rings (SSSR count). The summed E-state index contributed by atoms with van der Waals surface area (Å²) in [4.78, 5) is 2.47. The molecule has 4 nitrogen and oxygen atoms in total. The van der Waals surface area contributed by atoms with E-state index in [0.717, 1.165) is 11.4 Å². The summed E-state index contributed by atoms with van der Waals surface area (Å²) < 4.78 is 5.01. The van der Waals surface area contributed by atoms with Crippen molar-refractivity contribution in [2.24, 2.45) is 0 Å². The molecule has 6 aromatic carbocycles. The molecule has 2 aromatic heterocycles. The predicted molar refractivity (Wildman–Crippen MR) is 166 cm³/mol. The molecule has 0 amide bonds. The molecule has 8 aromatic rings. The molecular formula is C36H24N4. The zero-order valence-corrected chi connectivity index (χ0v) is 21.6. The Kier molecular flexibility index (Phi) is 3.65. The lowest BCUT2D eigenvalue weighted by Crippen LogP contribution is -2.06. The number of nitrogen functional groups attached to an aromatic ring is 1. The van der Waals surface area contributed by atoms with Gasteiger partial charge in [-0.2, -0.15) is 0 Å². The number of para-hydroxylation sites is 4. The van der Waals surface area contributed by atoms with Crippen LogP contribution < -0.4 is 10.6 Å². The first-order valence-corrected chi connectivity index (χ1v) is 13.9. The van der Waals surface area contributed by atoms with Gasteiger partial charge in [-0.3, -0.25) is 0 Å². The molecule has 0 bridgehead atoms. The van der Waals surface area contributed by atoms with Gasteiger partial charge in [0.25, 0.3) is 0 Å². The van der Waals surface area contributed by atoms with E-state index in [2.05, 4.69) is 123 Å². The first-order chi connectivity index (χ1) is 19.8. The van der Waals surface area contributed by atoms with Crippen LogP contribution in [0, 0.1) is 0 Å². The van der Waals surface area contributed by atoms with Crippen molar-refractivity contribution in [2.75, 3.05) is 10.6 Å². The van der Waals surface area contributed by atoms with Gasteiger partial charge in [-0.15, -0.1) is 0 Å². The molecular weight excluding hydrogens is 488 g/mol. The molecule has 2 atom stereocenters. The molecule has 0 saturated carbocycles. The summed E-state index contributed by atoms with van der Waals surface area (Å²) >= 11 is 0. The zero-order chi connectivity index (χ0) is 26.1. The van der Waals surface area contributed by atoms with Crippen LogP contribution in [-0.2, 0) is 0 Å². The van der Waals surface area contributed by atoms with Crippen LogP contribution in [0.15, 0.2) is 121 Å². The molecule has 0 radical (unpaired) electrons. The maximum absolute atomic E-state index is 6.46. The van der Waals surface area contributed by atoms with Gasteiger partial charge in [-0.1, -0.05) is 78.9 Å². The maximum Gasteiger partial charge on any atom is 0.132 e. The third kappa shape index (κ3) is 2.39. The Balaban J connectivity index is 1.35. The fourth-order valence-electron chi connectivity index (χ4n) is 7.58. The quantitative estimate of drug-likeness (QED) is 0.186.